The van der Waals surface area contributed by atoms with E-state index in [2.05, 4.69) is 143 Å². The van der Waals surface area contributed by atoms with Gasteiger partial charge in [0, 0.05) is 22.3 Å². The summed E-state index contributed by atoms with van der Waals surface area (Å²) in [6, 6.07) is 24.7. The van der Waals surface area contributed by atoms with Crippen LogP contribution in [0.3, 0.4) is 0 Å². The van der Waals surface area contributed by atoms with Crippen LogP contribution in [0.15, 0.2) is 90.0 Å². The number of halogens is 3. The minimum absolute atomic E-state index is 0.0200. The molecule has 0 aliphatic carbocycles. The van der Waals surface area contributed by atoms with Gasteiger partial charge in [0.2, 0.25) is 0 Å². The smallest absolute Gasteiger partial charge is 0.354 e. The van der Waals surface area contributed by atoms with Gasteiger partial charge in [0.1, 0.15) is 5.69 Å². The monoisotopic (exact) mass is 908 g/mol. The summed E-state index contributed by atoms with van der Waals surface area (Å²) in [6.07, 6.45) is 2.28. The summed E-state index contributed by atoms with van der Waals surface area (Å²) >= 11 is 0. The van der Waals surface area contributed by atoms with Crippen molar-refractivity contribution in [2.75, 3.05) is 0 Å². The van der Waals surface area contributed by atoms with E-state index in [0.717, 1.165) is 51.0 Å². The lowest BCUT2D eigenvalue weighted by Gasteiger charge is -2.22. The van der Waals surface area contributed by atoms with Crippen LogP contribution in [0.1, 0.15) is 128 Å². The quantitative estimate of drug-likeness (QED) is 0.131. The van der Waals surface area contributed by atoms with Crippen molar-refractivity contribution in [3.63, 3.8) is 0 Å². The predicted molar refractivity (Wildman–Crippen MR) is 258 cm³/mol. The number of nitrogens with zero attached hydrogens (tertiary/aromatic N) is 3. The third kappa shape index (κ3) is 12.4. The summed E-state index contributed by atoms with van der Waals surface area (Å²) in [6.45, 7) is 33.7. The fraction of sp³-hybridized carbons (Fsp3) is 0.396. The second kappa shape index (κ2) is 18.0. The van der Waals surface area contributed by atoms with E-state index in [1.807, 2.05) is 65.0 Å². The first-order valence-corrected chi connectivity index (χ1v) is 23.0. The van der Waals surface area contributed by atoms with Gasteiger partial charge in [-0.15, -0.1) is 0 Å². The molecule has 0 spiro atoms. The second-order valence-electron chi connectivity index (χ2n) is 21.2. The lowest BCUT2D eigenvalue weighted by molar-refractivity contribution is -0.0501. The molecule has 4 aromatic carbocycles. The standard InChI is InChI=1S/C27H31F3N2O3S.C26H32N2O/c1-16-9-18(13-20(11-16)25(3,4)5)23-24(19-10-17(2)12-21(14-19)26(6,7)8)32-22(15-31-23)35-36(33,34)27(28,29)30;1-16-9-18(13-20(11-16)25(3,4)5)23-24(28-22(29)15-27-23)19-10-17(2)12-21(14-19)26(6,7)8/h9-15H,1-8H3;9-15H,1-8H3,(H,28,29). The number of alkyl halides is 3. The molecule has 346 valence electrons. The van der Waals surface area contributed by atoms with Crippen LogP contribution >= 0.6 is 0 Å². The van der Waals surface area contributed by atoms with Crippen LogP contribution in [0.4, 0.5) is 13.2 Å². The van der Waals surface area contributed by atoms with E-state index >= 15 is 0 Å². The normalized spacial score (nSPS) is 12.7. The summed E-state index contributed by atoms with van der Waals surface area (Å²) in [4.78, 5) is 28.4. The van der Waals surface area contributed by atoms with Crippen molar-refractivity contribution in [1.82, 2.24) is 19.9 Å². The largest absolute Gasteiger partial charge is 0.534 e. The Bertz CT molecular complexity index is 2910. The lowest BCUT2D eigenvalue weighted by Crippen LogP contribution is -2.28. The van der Waals surface area contributed by atoms with Crippen molar-refractivity contribution in [2.45, 2.75) is 138 Å². The molecule has 0 saturated heterocycles. The molecule has 6 aromatic rings. The molecule has 1 N–H and O–H groups in total. The van der Waals surface area contributed by atoms with Gasteiger partial charge < -0.3 is 9.17 Å². The van der Waals surface area contributed by atoms with E-state index in [-0.39, 0.29) is 32.9 Å². The molecule has 0 fully saturated rings. The van der Waals surface area contributed by atoms with Crippen LogP contribution in [-0.4, -0.2) is 33.9 Å². The first-order valence-electron chi connectivity index (χ1n) is 21.6. The average molecular weight is 909 g/mol. The number of hydrogen-bond donors (Lipinski definition) is 1. The van der Waals surface area contributed by atoms with E-state index in [0.29, 0.717) is 16.8 Å². The summed E-state index contributed by atoms with van der Waals surface area (Å²) < 4.78 is 66.5. The topological polar surface area (TPSA) is 115 Å². The average Bonchev–Trinajstić information content (AvgIpc) is 3.15. The molecular weight excluding hydrogens is 846 g/mol. The van der Waals surface area contributed by atoms with Gasteiger partial charge in [0.25, 0.3) is 11.4 Å². The molecule has 0 atom stereocenters. The second-order valence-corrected chi connectivity index (χ2v) is 22.7. The molecule has 0 unspecified atom stereocenters. The minimum atomic E-state index is -5.90. The maximum Gasteiger partial charge on any atom is 0.534 e. The number of rotatable bonds is 6. The number of aryl methyl sites for hydroxylation is 4. The Labute approximate surface area is 383 Å². The zero-order chi connectivity index (χ0) is 48.8. The van der Waals surface area contributed by atoms with Crippen molar-refractivity contribution in [2.24, 2.45) is 0 Å². The number of benzene rings is 4. The highest BCUT2D eigenvalue weighted by atomic mass is 32.2. The molecule has 2 heterocycles. The Kier molecular flexibility index (Phi) is 13.9. The molecular formula is C53H63F3N4O4S. The zero-order valence-corrected chi connectivity index (χ0v) is 41.4. The Morgan fingerprint density at radius 3 is 1.20 bits per heavy atom. The highest BCUT2D eigenvalue weighted by molar-refractivity contribution is 7.87. The molecule has 12 heteroatoms. The van der Waals surface area contributed by atoms with Gasteiger partial charge in [-0.3, -0.25) is 4.79 Å². The van der Waals surface area contributed by atoms with Crippen molar-refractivity contribution in [3.05, 3.63) is 140 Å². The van der Waals surface area contributed by atoms with Crippen molar-refractivity contribution < 1.29 is 25.8 Å². The van der Waals surface area contributed by atoms with Gasteiger partial charge in [-0.25, -0.2) is 15.0 Å². The zero-order valence-electron chi connectivity index (χ0n) is 40.6. The van der Waals surface area contributed by atoms with Gasteiger partial charge in [-0.05, 0) is 120 Å². The third-order valence-electron chi connectivity index (χ3n) is 10.9. The molecule has 65 heavy (non-hydrogen) atoms. The van der Waals surface area contributed by atoms with Crippen LogP contribution in [-0.2, 0) is 31.8 Å². The fourth-order valence-corrected chi connectivity index (χ4v) is 7.63. The molecule has 6 rings (SSSR count). The molecule has 2 aromatic heterocycles. The molecule has 0 aliphatic rings. The Morgan fingerprint density at radius 1 is 0.477 bits per heavy atom. The van der Waals surface area contributed by atoms with E-state index < -0.39 is 21.5 Å². The number of H-pyrrole nitrogens is 1. The minimum Gasteiger partial charge on any atom is -0.354 e. The SMILES string of the molecule is Cc1cc(-c2ncc(=O)[nH]c2-c2cc(C)cc(C(C)(C)C)c2)cc(C(C)(C)C)c1.Cc1cc(-c2ncc(OS(=O)(=O)C(F)(F)F)nc2-c2cc(C)cc(C(C)(C)C)c2)cc(C(C)(C)C)c1. The number of aromatic amines is 1. The highest BCUT2D eigenvalue weighted by Crippen LogP contribution is 2.38. The van der Waals surface area contributed by atoms with Gasteiger partial charge in [-0.1, -0.05) is 130 Å². The van der Waals surface area contributed by atoms with Crippen LogP contribution in [0, 0.1) is 27.7 Å². The van der Waals surface area contributed by atoms with E-state index in [1.54, 1.807) is 0 Å². The highest BCUT2D eigenvalue weighted by Gasteiger charge is 2.49. The van der Waals surface area contributed by atoms with Crippen LogP contribution in [0.25, 0.3) is 45.0 Å². The Hall–Kier alpha value is -5.62. The van der Waals surface area contributed by atoms with Crippen LogP contribution < -0.4 is 9.74 Å². The molecule has 8 nitrogen and oxygen atoms in total. The summed E-state index contributed by atoms with van der Waals surface area (Å²) in [5, 5.41) is 0. The van der Waals surface area contributed by atoms with Crippen molar-refractivity contribution in [1.29, 1.82) is 0 Å². The number of nitrogens with one attached hydrogen (secondary N) is 1. The first kappa shape index (κ1) is 50.4. The molecule has 0 amide bonds. The van der Waals surface area contributed by atoms with Crippen molar-refractivity contribution in [3.8, 4) is 50.9 Å². The van der Waals surface area contributed by atoms with Gasteiger partial charge in [0.05, 0.1) is 29.5 Å². The number of hydrogen-bond acceptors (Lipinski definition) is 7. The molecule has 0 saturated carbocycles. The third-order valence-corrected chi connectivity index (χ3v) is 11.9. The van der Waals surface area contributed by atoms with E-state index in [4.69, 9.17) is 0 Å². The fourth-order valence-electron chi connectivity index (χ4n) is 7.23. The molecule has 0 aliphatic heterocycles. The van der Waals surface area contributed by atoms with E-state index in [9.17, 15) is 26.4 Å². The van der Waals surface area contributed by atoms with Crippen molar-refractivity contribution >= 4 is 10.1 Å². The molecule has 0 radical (unpaired) electrons. The van der Waals surface area contributed by atoms with Gasteiger partial charge in [0.15, 0.2) is 0 Å². The number of aromatic nitrogens is 4. The predicted octanol–water partition coefficient (Wildman–Crippen LogP) is 13.6. The first-order chi connectivity index (χ1) is 29.6. The maximum absolute atomic E-state index is 13.0. The summed E-state index contributed by atoms with van der Waals surface area (Å²) in [5.74, 6) is -0.756. The summed E-state index contributed by atoms with van der Waals surface area (Å²) in [5.41, 5.74) is 8.22. The lowest BCUT2D eigenvalue weighted by atomic mass is 9.83. The van der Waals surface area contributed by atoms with Gasteiger partial charge in [-0.2, -0.15) is 21.6 Å². The van der Waals surface area contributed by atoms with E-state index in [1.165, 1.54) is 28.5 Å². The Balaban J connectivity index is 0.000000250. The summed E-state index contributed by atoms with van der Waals surface area (Å²) in [7, 11) is -5.90. The van der Waals surface area contributed by atoms with Gasteiger partial charge >= 0.3 is 15.6 Å². The molecule has 0 bridgehead atoms. The Morgan fingerprint density at radius 2 is 0.815 bits per heavy atom. The maximum atomic E-state index is 13.0. The van der Waals surface area contributed by atoms with Crippen LogP contribution in [0.5, 0.6) is 5.88 Å². The van der Waals surface area contributed by atoms with Crippen LogP contribution in [0.2, 0.25) is 0 Å².